The molecule has 1 aromatic rings. The monoisotopic (exact) mass is 377 g/mol. The van der Waals surface area contributed by atoms with Crippen LogP contribution in [0.1, 0.15) is 20.3 Å². The molecule has 0 radical (unpaired) electrons. The molecule has 148 valence electrons. The van der Waals surface area contributed by atoms with Gasteiger partial charge in [-0.2, -0.15) is 0 Å². The van der Waals surface area contributed by atoms with Crippen LogP contribution in [0.5, 0.6) is 0 Å². The van der Waals surface area contributed by atoms with Crippen molar-refractivity contribution in [3.05, 3.63) is 30.3 Å². The number of amides is 2. The molecule has 1 aliphatic heterocycles. The highest BCUT2D eigenvalue weighted by Gasteiger charge is 2.51. The highest BCUT2D eigenvalue weighted by atomic mass is 16.5. The van der Waals surface area contributed by atoms with Gasteiger partial charge < -0.3 is 14.8 Å². The van der Waals surface area contributed by atoms with Gasteiger partial charge in [0.25, 0.3) is 0 Å². The number of anilines is 1. The van der Waals surface area contributed by atoms with Crippen LogP contribution < -0.4 is 15.5 Å². The highest BCUT2D eigenvalue weighted by Crippen LogP contribution is 2.23. The number of carbonyl (C=O) groups is 3. The zero-order valence-corrected chi connectivity index (χ0v) is 15.9. The quantitative estimate of drug-likeness (QED) is 0.349. The maximum atomic E-state index is 13.0. The van der Waals surface area contributed by atoms with Crippen molar-refractivity contribution in [3.63, 3.8) is 0 Å². The van der Waals surface area contributed by atoms with Gasteiger partial charge in [-0.25, -0.2) is 0 Å². The third-order valence-electron chi connectivity index (χ3n) is 4.25. The number of hydrogen-bond donors (Lipinski definition) is 2. The lowest BCUT2D eigenvalue weighted by atomic mass is 10.1. The minimum Gasteiger partial charge on any atom is -0.465 e. The predicted molar refractivity (Wildman–Crippen MR) is 100 cm³/mol. The van der Waals surface area contributed by atoms with Crippen LogP contribution in [-0.2, 0) is 23.9 Å². The minimum atomic E-state index is -0.729. The highest BCUT2D eigenvalue weighted by molar-refractivity contribution is 6.07. The first-order valence-electron chi connectivity index (χ1n) is 9.08. The number of benzene rings is 1. The summed E-state index contributed by atoms with van der Waals surface area (Å²) in [5.74, 6) is -1.06. The average molecular weight is 377 g/mol. The fraction of sp³-hybridized carbons (Fsp3) is 0.526. The van der Waals surface area contributed by atoms with Crippen LogP contribution in [0.4, 0.5) is 5.69 Å². The molecule has 1 saturated heterocycles. The fourth-order valence-electron chi connectivity index (χ4n) is 2.76. The Kier molecular flexibility index (Phi) is 7.75. The summed E-state index contributed by atoms with van der Waals surface area (Å²) in [6.45, 7) is 4.63. The van der Waals surface area contributed by atoms with Crippen molar-refractivity contribution >= 4 is 23.5 Å². The van der Waals surface area contributed by atoms with Gasteiger partial charge in [0.1, 0.15) is 18.1 Å². The summed E-state index contributed by atoms with van der Waals surface area (Å²) in [6.07, 6.45) is 0.684. The number of ether oxygens (including phenoxy) is 2. The molecular formula is C19H27N3O5. The van der Waals surface area contributed by atoms with Gasteiger partial charge in [-0.05, 0) is 32.4 Å². The first-order valence-corrected chi connectivity index (χ1v) is 9.08. The molecule has 0 bridgehead atoms. The van der Waals surface area contributed by atoms with Crippen molar-refractivity contribution in [2.45, 2.75) is 38.4 Å². The smallest absolute Gasteiger partial charge is 0.325 e. The summed E-state index contributed by atoms with van der Waals surface area (Å²) in [4.78, 5) is 38.8. The first kappa shape index (κ1) is 20.9. The average Bonchev–Trinajstić information content (AvgIpc) is 3.47. The second-order valence-corrected chi connectivity index (χ2v) is 6.23. The van der Waals surface area contributed by atoms with Crippen LogP contribution in [0.2, 0.25) is 0 Å². The molecule has 1 fully saturated rings. The number of nitrogens with one attached hydrogen (secondary N) is 2. The molecule has 0 saturated carbocycles. The Hall–Kier alpha value is -2.45. The maximum Gasteiger partial charge on any atom is 0.325 e. The van der Waals surface area contributed by atoms with Gasteiger partial charge in [0.15, 0.2) is 0 Å². The lowest BCUT2D eigenvalue weighted by Gasteiger charge is -2.28. The lowest BCUT2D eigenvalue weighted by Crippen LogP contribution is -2.50. The molecule has 1 aliphatic rings. The summed E-state index contributed by atoms with van der Waals surface area (Å²) in [5.41, 5.74) is 0.596. The second-order valence-electron chi connectivity index (χ2n) is 6.23. The Labute approximate surface area is 159 Å². The number of methoxy groups -OCH3 is 1. The maximum absolute atomic E-state index is 13.0. The van der Waals surface area contributed by atoms with Crippen LogP contribution in [0.15, 0.2) is 30.3 Å². The largest absolute Gasteiger partial charge is 0.465 e. The summed E-state index contributed by atoms with van der Waals surface area (Å²) >= 11 is 0. The zero-order valence-electron chi connectivity index (χ0n) is 15.9. The molecule has 2 amide bonds. The Morgan fingerprint density at radius 2 is 1.93 bits per heavy atom. The molecule has 27 heavy (non-hydrogen) atoms. The molecule has 0 unspecified atom stereocenters. The van der Waals surface area contributed by atoms with Crippen LogP contribution in [0.3, 0.4) is 0 Å². The van der Waals surface area contributed by atoms with Crippen LogP contribution in [-0.4, -0.2) is 62.8 Å². The molecule has 3 atom stereocenters. The number of rotatable bonds is 10. The van der Waals surface area contributed by atoms with E-state index in [2.05, 4.69) is 10.6 Å². The van der Waals surface area contributed by atoms with E-state index in [1.54, 1.807) is 45.2 Å². The summed E-state index contributed by atoms with van der Waals surface area (Å²) in [5, 5.41) is 5.65. The predicted octanol–water partition coefficient (Wildman–Crippen LogP) is 0.464. The molecule has 2 rings (SSSR count). The Bertz CT molecular complexity index is 652. The summed E-state index contributed by atoms with van der Waals surface area (Å²) in [6, 6.07) is 6.85. The Balaban J connectivity index is 2.09. The van der Waals surface area contributed by atoms with Gasteiger partial charge in [-0.15, -0.1) is 0 Å². The number of nitrogens with zero attached hydrogens (tertiary/aromatic N) is 1. The van der Waals surface area contributed by atoms with E-state index in [9.17, 15) is 14.4 Å². The molecule has 8 nitrogen and oxygen atoms in total. The van der Waals surface area contributed by atoms with Gasteiger partial charge in [0.2, 0.25) is 11.8 Å². The lowest BCUT2D eigenvalue weighted by molar-refractivity contribution is -0.143. The van der Waals surface area contributed by atoms with Gasteiger partial charge in [-0.3, -0.25) is 24.6 Å². The van der Waals surface area contributed by atoms with Crippen LogP contribution in [0.25, 0.3) is 0 Å². The SMILES string of the molecule is CCOC(=O)[C@@H]1N[C@H]1C(=O)N(c1ccccc1)[C@H](C)C(=O)NCCCOC. The van der Waals surface area contributed by atoms with Crippen molar-refractivity contribution in [2.75, 3.05) is 31.8 Å². The van der Waals surface area contributed by atoms with Gasteiger partial charge in [0.05, 0.1) is 6.61 Å². The topological polar surface area (TPSA) is 107 Å². The molecule has 1 heterocycles. The zero-order chi connectivity index (χ0) is 19.8. The molecule has 2 N–H and O–H groups in total. The van der Waals surface area contributed by atoms with Gasteiger partial charge in [-0.1, -0.05) is 18.2 Å². The first-order chi connectivity index (χ1) is 13.0. The van der Waals surface area contributed by atoms with E-state index < -0.39 is 24.1 Å². The molecule has 1 aromatic carbocycles. The van der Waals surface area contributed by atoms with E-state index in [4.69, 9.17) is 9.47 Å². The molecular weight excluding hydrogens is 350 g/mol. The van der Waals surface area contributed by atoms with E-state index in [0.29, 0.717) is 25.3 Å². The standard InChI is InChI=1S/C19H27N3O5/c1-4-27-19(25)16-15(21-16)18(24)22(14-9-6-5-7-10-14)13(2)17(23)20-11-8-12-26-3/h5-7,9-10,13,15-16,21H,4,8,11-12H2,1-3H3,(H,20,23)/t13-,15-,16-/m1/s1. The number of hydrogen-bond acceptors (Lipinski definition) is 6. The van der Waals surface area contributed by atoms with Crippen molar-refractivity contribution in [1.29, 1.82) is 0 Å². The van der Waals surface area contributed by atoms with Gasteiger partial charge in [0, 0.05) is 25.9 Å². The van der Waals surface area contributed by atoms with E-state index >= 15 is 0 Å². The number of esters is 1. The van der Waals surface area contributed by atoms with E-state index in [-0.39, 0.29) is 18.4 Å². The van der Waals surface area contributed by atoms with Crippen molar-refractivity contribution < 1.29 is 23.9 Å². The molecule has 0 spiro atoms. The molecule has 0 aromatic heterocycles. The van der Waals surface area contributed by atoms with Crippen LogP contribution >= 0.6 is 0 Å². The third-order valence-corrected chi connectivity index (χ3v) is 4.25. The van der Waals surface area contributed by atoms with Crippen molar-refractivity contribution in [1.82, 2.24) is 10.6 Å². The number of carbonyl (C=O) groups excluding carboxylic acids is 3. The summed E-state index contributed by atoms with van der Waals surface area (Å²) < 4.78 is 9.92. The minimum absolute atomic E-state index is 0.251. The Morgan fingerprint density at radius 3 is 2.56 bits per heavy atom. The molecule has 8 heteroatoms. The Morgan fingerprint density at radius 1 is 1.22 bits per heavy atom. The van der Waals surface area contributed by atoms with Crippen molar-refractivity contribution in [2.24, 2.45) is 0 Å². The second kappa shape index (κ2) is 10.0. The van der Waals surface area contributed by atoms with E-state index in [1.807, 2.05) is 6.07 Å². The normalized spacial score (nSPS) is 19.1. The molecule has 0 aliphatic carbocycles. The number of para-hydroxylation sites is 1. The van der Waals surface area contributed by atoms with E-state index in [0.717, 1.165) is 0 Å². The fourth-order valence-corrected chi connectivity index (χ4v) is 2.76. The van der Waals surface area contributed by atoms with Crippen molar-refractivity contribution in [3.8, 4) is 0 Å². The summed E-state index contributed by atoms with van der Waals surface area (Å²) in [7, 11) is 1.60. The van der Waals surface area contributed by atoms with Crippen LogP contribution in [0, 0.1) is 0 Å². The van der Waals surface area contributed by atoms with Gasteiger partial charge >= 0.3 is 5.97 Å². The third kappa shape index (κ3) is 5.51. The van der Waals surface area contributed by atoms with E-state index in [1.165, 1.54) is 4.90 Å².